The van der Waals surface area contributed by atoms with Gasteiger partial charge in [-0.2, -0.15) is 5.26 Å². The maximum absolute atomic E-state index is 9.19. The Morgan fingerprint density at radius 1 is 1.59 bits per heavy atom. The van der Waals surface area contributed by atoms with E-state index in [0.29, 0.717) is 6.10 Å². The van der Waals surface area contributed by atoms with Crippen LogP contribution in [0.2, 0.25) is 0 Å². The summed E-state index contributed by atoms with van der Waals surface area (Å²) in [5.74, 6) is 0. The Balaban J connectivity index is 2.36. The second kappa shape index (κ2) is 6.95. The van der Waals surface area contributed by atoms with E-state index in [-0.39, 0.29) is 0 Å². The summed E-state index contributed by atoms with van der Waals surface area (Å²) >= 11 is 0. The predicted octanol–water partition coefficient (Wildman–Crippen LogP) is 1.38. The molecular weight excluding hydrogens is 214 g/mol. The molecule has 0 aromatic carbocycles. The molecule has 1 N–H and O–H groups in total. The fourth-order valence-electron chi connectivity index (χ4n) is 2.36. The molecule has 4 nitrogen and oxygen atoms in total. The summed E-state index contributed by atoms with van der Waals surface area (Å²) in [5.41, 5.74) is -0.394. The van der Waals surface area contributed by atoms with Crippen molar-refractivity contribution in [3.8, 4) is 6.07 Å². The Morgan fingerprint density at radius 3 is 2.94 bits per heavy atom. The van der Waals surface area contributed by atoms with Crippen molar-refractivity contribution >= 4 is 0 Å². The van der Waals surface area contributed by atoms with Crippen molar-refractivity contribution in [3.05, 3.63) is 0 Å². The van der Waals surface area contributed by atoms with Crippen LogP contribution in [0.3, 0.4) is 0 Å². The first-order valence-electron chi connectivity index (χ1n) is 6.55. The average Bonchev–Trinajstić information content (AvgIpc) is 2.37. The molecule has 0 amide bonds. The van der Waals surface area contributed by atoms with Gasteiger partial charge in [0.2, 0.25) is 0 Å². The number of hydrogen-bond donors (Lipinski definition) is 1. The monoisotopic (exact) mass is 239 g/mol. The van der Waals surface area contributed by atoms with E-state index < -0.39 is 5.54 Å². The average molecular weight is 239 g/mol. The molecule has 2 atom stereocenters. The van der Waals surface area contributed by atoms with E-state index in [0.717, 1.165) is 39.0 Å². The number of nitrogens with zero attached hydrogens (tertiary/aromatic N) is 2. The molecule has 1 heterocycles. The Bertz CT molecular complexity index is 264. The van der Waals surface area contributed by atoms with Gasteiger partial charge in [0.25, 0.3) is 0 Å². The molecule has 1 rings (SSSR count). The Morgan fingerprint density at radius 2 is 2.35 bits per heavy atom. The molecule has 0 bridgehead atoms. The van der Waals surface area contributed by atoms with Gasteiger partial charge in [-0.1, -0.05) is 6.92 Å². The SMILES string of the molecule is CCNC(C)(C#N)CCN1CCCC(OC)C1. The van der Waals surface area contributed by atoms with Gasteiger partial charge in [0.15, 0.2) is 0 Å². The van der Waals surface area contributed by atoms with Gasteiger partial charge in [-0.05, 0) is 39.3 Å². The molecule has 1 fully saturated rings. The molecule has 0 saturated carbocycles. The minimum atomic E-state index is -0.394. The van der Waals surface area contributed by atoms with Gasteiger partial charge in [-0.15, -0.1) is 0 Å². The standard InChI is InChI=1S/C13H25N3O/c1-4-15-13(2,11-14)7-9-16-8-5-6-12(10-16)17-3/h12,15H,4-10H2,1-3H3. The number of rotatable bonds is 6. The molecule has 17 heavy (non-hydrogen) atoms. The maximum atomic E-state index is 9.19. The van der Waals surface area contributed by atoms with Crippen LogP contribution in [0.5, 0.6) is 0 Å². The molecule has 1 aliphatic rings. The molecule has 4 heteroatoms. The van der Waals surface area contributed by atoms with E-state index in [1.807, 2.05) is 13.8 Å². The molecule has 1 aliphatic heterocycles. The number of nitriles is 1. The van der Waals surface area contributed by atoms with Crippen LogP contribution in [-0.4, -0.2) is 49.8 Å². The fourth-order valence-corrected chi connectivity index (χ4v) is 2.36. The zero-order valence-electron chi connectivity index (χ0n) is 11.3. The van der Waals surface area contributed by atoms with Crippen LogP contribution in [0.25, 0.3) is 0 Å². The number of hydrogen-bond acceptors (Lipinski definition) is 4. The van der Waals surface area contributed by atoms with Crippen LogP contribution >= 0.6 is 0 Å². The third kappa shape index (κ3) is 4.63. The first kappa shape index (κ1) is 14.4. The van der Waals surface area contributed by atoms with E-state index in [1.165, 1.54) is 6.42 Å². The molecule has 2 unspecified atom stereocenters. The van der Waals surface area contributed by atoms with Crippen LogP contribution < -0.4 is 5.32 Å². The van der Waals surface area contributed by atoms with Crippen LogP contribution in [0.4, 0.5) is 0 Å². The highest BCUT2D eigenvalue weighted by atomic mass is 16.5. The minimum absolute atomic E-state index is 0.372. The highest BCUT2D eigenvalue weighted by Gasteiger charge is 2.25. The van der Waals surface area contributed by atoms with Gasteiger partial charge < -0.3 is 9.64 Å². The lowest BCUT2D eigenvalue weighted by molar-refractivity contribution is 0.0294. The van der Waals surface area contributed by atoms with E-state index in [1.54, 1.807) is 7.11 Å². The van der Waals surface area contributed by atoms with Crippen molar-refractivity contribution in [2.45, 2.75) is 44.8 Å². The topological polar surface area (TPSA) is 48.3 Å². The number of likely N-dealkylation sites (tertiary alicyclic amines) is 1. The van der Waals surface area contributed by atoms with Crippen LogP contribution in [0.15, 0.2) is 0 Å². The largest absolute Gasteiger partial charge is 0.380 e. The molecule has 0 aliphatic carbocycles. The maximum Gasteiger partial charge on any atom is 0.105 e. The van der Waals surface area contributed by atoms with E-state index >= 15 is 0 Å². The van der Waals surface area contributed by atoms with Gasteiger partial charge >= 0.3 is 0 Å². The highest BCUT2D eigenvalue weighted by Crippen LogP contribution is 2.15. The van der Waals surface area contributed by atoms with Crippen molar-refractivity contribution in [2.75, 3.05) is 33.3 Å². The molecule has 1 saturated heterocycles. The Kier molecular flexibility index (Phi) is 5.90. The van der Waals surface area contributed by atoms with Gasteiger partial charge in [0.05, 0.1) is 12.2 Å². The Labute approximate surface area is 105 Å². The molecule has 0 spiro atoms. The van der Waals surface area contributed by atoms with Gasteiger partial charge in [0, 0.05) is 20.2 Å². The summed E-state index contributed by atoms with van der Waals surface area (Å²) in [6, 6.07) is 2.38. The lowest BCUT2D eigenvalue weighted by atomic mass is 9.98. The van der Waals surface area contributed by atoms with Crippen LogP contribution in [-0.2, 0) is 4.74 Å². The predicted molar refractivity (Wildman–Crippen MR) is 68.8 cm³/mol. The molecule has 0 aromatic heterocycles. The lowest BCUT2D eigenvalue weighted by Gasteiger charge is -2.34. The van der Waals surface area contributed by atoms with Crippen molar-refractivity contribution in [3.63, 3.8) is 0 Å². The first-order valence-corrected chi connectivity index (χ1v) is 6.55. The first-order chi connectivity index (χ1) is 8.13. The number of methoxy groups -OCH3 is 1. The van der Waals surface area contributed by atoms with Gasteiger partial charge in [0.1, 0.15) is 5.54 Å². The quantitative estimate of drug-likeness (QED) is 0.761. The molecule has 0 aromatic rings. The summed E-state index contributed by atoms with van der Waals surface area (Å²) in [7, 11) is 1.78. The smallest absolute Gasteiger partial charge is 0.105 e. The van der Waals surface area contributed by atoms with Crippen LogP contribution in [0.1, 0.15) is 33.1 Å². The van der Waals surface area contributed by atoms with E-state index in [9.17, 15) is 5.26 Å². The van der Waals surface area contributed by atoms with Gasteiger partial charge in [-0.3, -0.25) is 5.32 Å². The minimum Gasteiger partial charge on any atom is -0.380 e. The summed E-state index contributed by atoms with van der Waals surface area (Å²) < 4.78 is 5.40. The van der Waals surface area contributed by atoms with E-state index in [2.05, 4.69) is 16.3 Å². The normalized spacial score (nSPS) is 25.2. The molecular formula is C13H25N3O. The van der Waals surface area contributed by atoms with E-state index in [4.69, 9.17) is 4.74 Å². The Hall–Kier alpha value is -0.630. The highest BCUT2D eigenvalue weighted by molar-refractivity contribution is 5.03. The van der Waals surface area contributed by atoms with Crippen molar-refractivity contribution in [1.29, 1.82) is 5.26 Å². The zero-order valence-corrected chi connectivity index (χ0v) is 11.3. The van der Waals surface area contributed by atoms with Crippen molar-refractivity contribution < 1.29 is 4.74 Å². The molecule has 98 valence electrons. The van der Waals surface area contributed by atoms with Crippen molar-refractivity contribution in [1.82, 2.24) is 10.2 Å². The second-order valence-corrected chi connectivity index (χ2v) is 5.02. The second-order valence-electron chi connectivity index (χ2n) is 5.02. The van der Waals surface area contributed by atoms with Gasteiger partial charge in [-0.25, -0.2) is 0 Å². The third-order valence-corrected chi connectivity index (χ3v) is 3.54. The van der Waals surface area contributed by atoms with Crippen LogP contribution in [0, 0.1) is 11.3 Å². The zero-order chi connectivity index (χ0) is 12.7. The number of nitrogens with one attached hydrogen (secondary N) is 1. The fraction of sp³-hybridized carbons (Fsp3) is 0.923. The summed E-state index contributed by atoms with van der Waals surface area (Å²) in [4.78, 5) is 2.41. The molecule has 0 radical (unpaired) electrons. The van der Waals surface area contributed by atoms with Crippen molar-refractivity contribution in [2.24, 2.45) is 0 Å². The summed E-state index contributed by atoms with van der Waals surface area (Å²) in [5, 5.41) is 12.4. The summed E-state index contributed by atoms with van der Waals surface area (Å²) in [6.07, 6.45) is 3.60. The summed E-state index contributed by atoms with van der Waals surface area (Å²) in [6.45, 7) is 7.96. The lowest BCUT2D eigenvalue weighted by Crippen LogP contribution is -2.46. The number of ether oxygens (including phenoxy) is 1. The third-order valence-electron chi connectivity index (χ3n) is 3.54. The number of piperidine rings is 1.